The van der Waals surface area contributed by atoms with E-state index < -0.39 is 0 Å². The van der Waals surface area contributed by atoms with Crippen LogP contribution in [0.3, 0.4) is 0 Å². The van der Waals surface area contributed by atoms with Crippen LogP contribution in [-0.4, -0.2) is 29.8 Å². The first kappa shape index (κ1) is 17.6. The van der Waals surface area contributed by atoms with Crippen LogP contribution in [0.4, 0.5) is 16.6 Å². The number of pyridine rings is 1. The van der Waals surface area contributed by atoms with Gasteiger partial charge in [0, 0.05) is 18.7 Å². The molecule has 2 aromatic heterocycles. The molecule has 1 aliphatic carbocycles. The molecule has 1 saturated carbocycles. The molecule has 0 radical (unpaired) electrons. The van der Waals surface area contributed by atoms with Crippen molar-refractivity contribution in [3.63, 3.8) is 0 Å². The van der Waals surface area contributed by atoms with E-state index >= 15 is 0 Å². The first-order valence-corrected chi connectivity index (χ1v) is 10.8. The zero-order chi connectivity index (χ0) is 18.9. The number of ether oxygens (including phenoxy) is 1. The molecule has 2 N–H and O–H groups in total. The van der Waals surface area contributed by atoms with E-state index in [1.165, 1.54) is 42.4 Å². The smallest absolute Gasteiger partial charge is 0.215 e. The van der Waals surface area contributed by atoms with Crippen molar-refractivity contribution in [2.45, 2.75) is 44.7 Å². The maximum absolute atomic E-state index is 5.28. The molecule has 5 rings (SSSR count). The topological polar surface area (TPSA) is 62.3 Å². The van der Waals surface area contributed by atoms with Gasteiger partial charge in [-0.15, -0.1) is 0 Å². The highest BCUT2D eigenvalue weighted by Crippen LogP contribution is 2.34. The number of thiazole rings is 1. The molecule has 3 aromatic rings. The fourth-order valence-electron chi connectivity index (χ4n) is 4.08. The molecule has 0 amide bonds. The quantitative estimate of drug-likeness (QED) is 0.645. The van der Waals surface area contributed by atoms with E-state index in [0.717, 1.165) is 35.4 Å². The lowest BCUT2D eigenvalue weighted by Gasteiger charge is -2.22. The van der Waals surface area contributed by atoms with E-state index in [-0.39, 0.29) is 0 Å². The molecular weight excluding hydrogens is 370 g/mol. The van der Waals surface area contributed by atoms with Crippen LogP contribution in [0.5, 0.6) is 5.88 Å². The second-order valence-electron chi connectivity index (χ2n) is 7.56. The SMILES string of the molecule is COc1ccc2c(n1)N(Cc1ccc3nc(NC4CCCCC4)sc3c1)CN2. The molecule has 6 nitrogen and oxygen atoms in total. The van der Waals surface area contributed by atoms with Crippen molar-refractivity contribution < 1.29 is 4.74 Å². The van der Waals surface area contributed by atoms with Gasteiger partial charge in [-0.05, 0) is 36.6 Å². The highest BCUT2D eigenvalue weighted by atomic mass is 32.1. The predicted octanol–water partition coefficient (Wildman–Crippen LogP) is 4.83. The van der Waals surface area contributed by atoms with Gasteiger partial charge in [-0.3, -0.25) is 0 Å². The summed E-state index contributed by atoms with van der Waals surface area (Å²) in [6, 6.07) is 11.1. The number of hydrogen-bond donors (Lipinski definition) is 2. The second kappa shape index (κ2) is 7.47. The lowest BCUT2D eigenvalue weighted by Crippen LogP contribution is -2.22. The molecule has 146 valence electrons. The summed E-state index contributed by atoms with van der Waals surface area (Å²) in [5.74, 6) is 1.59. The van der Waals surface area contributed by atoms with Gasteiger partial charge in [0.1, 0.15) is 0 Å². The summed E-state index contributed by atoms with van der Waals surface area (Å²) in [6.07, 6.45) is 6.56. The Bertz CT molecular complexity index is 982. The number of benzene rings is 1. The second-order valence-corrected chi connectivity index (χ2v) is 8.59. The Morgan fingerprint density at radius 1 is 1.18 bits per heavy atom. The van der Waals surface area contributed by atoms with E-state index in [2.05, 4.69) is 38.7 Å². The number of nitrogens with one attached hydrogen (secondary N) is 2. The molecule has 3 heterocycles. The first-order chi connectivity index (χ1) is 13.8. The van der Waals surface area contributed by atoms with Crippen LogP contribution in [0.15, 0.2) is 30.3 Å². The zero-order valence-electron chi connectivity index (χ0n) is 16.1. The van der Waals surface area contributed by atoms with Gasteiger partial charge in [0.05, 0.1) is 29.7 Å². The Hall–Kier alpha value is -2.54. The van der Waals surface area contributed by atoms with E-state index in [4.69, 9.17) is 9.72 Å². The van der Waals surface area contributed by atoms with E-state index in [9.17, 15) is 0 Å². The van der Waals surface area contributed by atoms with Crippen LogP contribution in [0.1, 0.15) is 37.7 Å². The lowest BCUT2D eigenvalue weighted by molar-refractivity contribution is 0.398. The lowest BCUT2D eigenvalue weighted by atomic mass is 9.96. The number of aromatic nitrogens is 2. The largest absolute Gasteiger partial charge is 0.481 e. The third-order valence-corrected chi connectivity index (χ3v) is 6.53. The molecule has 1 aliphatic heterocycles. The maximum atomic E-state index is 5.28. The van der Waals surface area contributed by atoms with Crippen molar-refractivity contribution in [3.8, 4) is 5.88 Å². The van der Waals surface area contributed by atoms with Crippen LogP contribution >= 0.6 is 11.3 Å². The van der Waals surface area contributed by atoms with Crippen LogP contribution in [0.2, 0.25) is 0 Å². The van der Waals surface area contributed by atoms with Gasteiger partial charge in [0.25, 0.3) is 0 Å². The van der Waals surface area contributed by atoms with Crippen molar-refractivity contribution in [2.75, 3.05) is 29.3 Å². The molecule has 0 spiro atoms. The van der Waals surface area contributed by atoms with Crippen LogP contribution < -0.4 is 20.3 Å². The summed E-state index contributed by atoms with van der Waals surface area (Å²) in [5.41, 5.74) is 3.39. The molecule has 2 aliphatic rings. The minimum absolute atomic E-state index is 0.585. The number of nitrogens with zero attached hydrogens (tertiary/aromatic N) is 3. The Labute approximate surface area is 168 Å². The minimum Gasteiger partial charge on any atom is -0.481 e. The minimum atomic E-state index is 0.585. The monoisotopic (exact) mass is 395 g/mol. The number of methoxy groups -OCH3 is 1. The predicted molar refractivity (Wildman–Crippen MR) is 116 cm³/mol. The van der Waals surface area contributed by atoms with Crippen LogP contribution in [0.25, 0.3) is 10.2 Å². The fourth-order valence-corrected chi connectivity index (χ4v) is 5.09. The Morgan fingerprint density at radius 3 is 2.93 bits per heavy atom. The standard InChI is InChI=1S/C21H25N5OS/c1-27-19-10-9-17-20(25-19)26(13-22-17)12-14-7-8-16-18(11-14)28-21(24-16)23-15-5-3-2-4-6-15/h7-11,15,22H,2-6,12-13H2,1H3,(H,23,24). The summed E-state index contributed by atoms with van der Waals surface area (Å²) in [4.78, 5) is 11.6. The highest BCUT2D eigenvalue weighted by molar-refractivity contribution is 7.22. The van der Waals surface area contributed by atoms with Crippen molar-refractivity contribution >= 4 is 38.2 Å². The van der Waals surface area contributed by atoms with Crippen molar-refractivity contribution in [3.05, 3.63) is 35.9 Å². The zero-order valence-corrected chi connectivity index (χ0v) is 16.9. The molecule has 7 heteroatoms. The molecule has 0 atom stereocenters. The summed E-state index contributed by atoms with van der Waals surface area (Å²) in [7, 11) is 1.65. The first-order valence-electron chi connectivity index (χ1n) is 9.98. The van der Waals surface area contributed by atoms with E-state index in [1.54, 1.807) is 18.4 Å². The third-order valence-electron chi connectivity index (χ3n) is 5.58. The Morgan fingerprint density at radius 2 is 2.07 bits per heavy atom. The van der Waals surface area contributed by atoms with Gasteiger partial charge in [-0.1, -0.05) is 36.7 Å². The van der Waals surface area contributed by atoms with Gasteiger partial charge in [0.2, 0.25) is 5.88 Å². The average Bonchev–Trinajstić information content (AvgIpc) is 3.31. The van der Waals surface area contributed by atoms with Crippen molar-refractivity contribution in [2.24, 2.45) is 0 Å². The average molecular weight is 396 g/mol. The van der Waals surface area contributed by atoms with Gasteiger partial charge >= 0.3 is 0 Å². The Balaban J connectivity index is 1.33. The van der Waals surface area contributed by atoms with Gasteiger partial charge < -0.3 is 20.3 Å². The number of fused-ring (bicyclic) bond motifs is 2. The normalized spacial score (nSPS) is 16.8. The number of anilines is 3. The van der Waals surface area contributed by atoms with E-state index in [1.807, 2.05) is 12.1 Å². The van der Waals surface area contributed by atoms with Gasteiger partial charge in [-0.25, -0.2) is 4.98 Å². The van der Waals surface area contributed by atoms with Gasteiger partial charge in [-0.2, -0.15) is 4.98 Å². The van der Waals surface area contributed by atoms with E-state index in [0.29, 0.717) is 11.9 Å². The van der Waals surface area contributed by atoms with Gasteiger partial charge in [0.15, 0.2) is 10.9 Å². The van der Waals surface area contributed by atoms with Crippen molar-refractivity contribution in [1.29, 1.82) is 0 Å². The maximum Gasteiger partial charge on any atom is 0.215 e. The highest BCUT2D eigenvalue weighted by Gasteiger charge is 2.21. The molecular formula is C21H25N5OS. The third kappa shape index (κ3) is 3.46. The van der Waals surface area contributed by atoms with Crippen LogP contribution in [0, 0.1) is 0 Å². The summed E-state index contributed by atoms with van der Waals surface area (Å²) >= 11 is 1.76. The van der Waals surface area contributed by atoms with Crippen LogP contribution in [-0.2, 0) is 6.54 Å². The summed E-state index contributed by atoms with van der Waals surface area (Å²) in [5, 5.41) is 8.10. The summed E-state index contributed by atoms with van der Waals surface area (Å²) < 4.78 is 6.52. The molecule has 1 fully saturated rings. The summed E-state index contributed by atoms with van der Waals surface area (Å²) in [6.45, 7) is 1.56. The molecule has 1 aromatic carbocycles. The molecule has 0 saturated heterocycles. The fraction of sp³-hybridized carbons (Fsp3) is 0.429. The number of hydrogen-bond acceptors (Lipinski definition) is 7. The Kier molecular flexibility index (Phi) is 4.68. The molecule has 28 heavy (non-hydrogen) atoms. The number of rotatable bonds is 5. The molecule has 0 unspecified atom stereocenters. The van der Waals surface area contributed by atoms with Crippen molar-refractivity contribution in [1.82, 2.24) is 9.97 Å². The molecule has 0 bridgehead atoms.